The van der Waals surface area contributed by atoms with Crippen LogP contribution in [0.3, 0.4) is 0 Å². The summed E-state index contributed by atoms with van der Waals surface area (Å²) >= 11 is 5.82. The smallest absolute Gasteiger partial charge is 0.306 e. The molecule has 5 heteroatoms. The number of ketones is 1. The standard InChI is InChI=1S/C15H20ClNO3/c1-3-20-15(19)9-8-14(18)11-17(2)10-12-4-6-13(16)7-5-12/h4-7H,3,8-11H2,1-2H3. The van der Waals surface area contributed by atoms with Crippen molar-refractivity contribution in [2.24, 2.45) is 0 Å². The average Bonchev–Trinajstić information content (AvgIpc) is 2.39. The molecule has 1 aromatic rings. The lowest BCUT2D eigenvalue weighted by atomic mass is 10.2. The lowest BCUT2D eigenvalue weighted by molar-refractivity contribution is -0.144. The van der Waals surface area contributed by atoms with Gasteiger partial charge in [-0.05, 0) is 31.7 Å². The largest absolute Gasteiger partial charge is 0.466 e. The zero-order valence-corrected chi connectivity index (χ0v) is 12.7. The van der Waals surface area contributed by atoms with E-state index in [0.717, 1.165) is 5.56 Å². The summed E-state index contributed by atoms with van der Waals surface area (Å²) in [5, 5.41) is 0.696. The number of hydrogen-bond acceptors (Lipinski definition) is 4. The number of carbonyl (C=O) groups is 2. The second kappa shape index (κ2) is 8.72. The summed E-state index contributed by atoms with van der Waals surface area (Å²) in [4.78, 5) is 24.8. The summed E-state index contributed by atoms with van der Waals surface area (Å²) in [7, 11) is 1.87. The van der Waals surface area contributed by atoms with Crippen molar-refractivity contribution >= 4 is 23.4 Å². The van der Waals surface area contributed by atoms with Gasteiger partial charge in [0.05, 0.1) is 19.6 Å². The molecule has 0 bridgehead atoms. The summed E-state index contributed by atoms with van der Waals surface area (Å²) in [6, 6.07) is 7.52. The van der Waals surface area contributed by atoms with Crippen molar-refractivity contribution < 1.29 is 14.3 Å². The lowest BCUT2D eigenvalue weighted by Gasteiger charge is -2.15. The molecule has 0 heterocycles. The molecule has 4 nitrogen and oxygen atoms in total. The van der Waals surface area contributed by atoms with E-state index in [1.165, 1.54) is 0 Å². The Morgan fingerprint density at radius 1 is 1.20 bits per heavy atom. The van der Waals surface area contributed by atoms with Gasteiger partial charge in [-0.15, -0.1) is 0 Å². The van der Waals surface area contributed by atoms with Crippen LogP contribution in [0.25, 0.3) is 0 Å². The van der Waals surface area contributed by atoms with Gasteiger partial charge in [0.1, 0.15) is 5.78 Å². The van der Waals surface area contributed by atoms with Gasteiger partial charge in [0.2, 0.25) is 0 Å². The molecule has 0 aliphatic rings. The third kappa shape index (κ3) is 6.68. The molecular formula is C15H20ClNO3. The second-order valence-electron chi connectivity index (χ2n) is 4.64. The Kier molecular flexibility index (Phi) is 7.26. The van der Waals surface area contributed by atoms with Crippen LogP contribution >= 0.6 is 11.6 Å². The zero-order valence-electron chi connectivity index (χ0n) is 11.9. The predicted octanol–water partition coefficient (Wildman–Crippen LogP) is 2.68. The predicted molar refractivity (Wildman–Crippen MR) is 78.7 cm³/mol. The SMILES string of the molecule is CCOC(=O)CCC(=O)CN(C)Cc1ccc(Cl)cc1. The van der Waals surface area contributed by atoms with Crippen LogP contribution in [0.15, 0.2) is 24.3 Å². The van der Waals surface area contributed by atoms with E-state index in [1.807, 2.05) is 36.2 Å². The van der Waals surface area contributed by atoms with Crippen LogP contribution < -0.4 is 0 Å². The van der Waals surface area contributed by atoms with E-state index in [2.05, 4.69) is 0 Å². The van der Waals surface area contributed by atoms with Gasteiger partial charge in [-0.25, -0.2) is 0 Å². The van der Waals surface area contributed by atoms with E-state index in [0.29, 0.717) is 24.7 Å². The van der Waals surface area contributed by atoms with E-state index >= 15 is 0 Å². The van der Waals surface area contributed by atoms with E-state index in [-0.39, 0.29) is 24.6 Å². The first-order chi connectivity index (χ1) is 9.51. The van der Waals surface area contributed by atoms with Crippen LogP contribution in [0.4, 0.5) is 0 Å². The van der Waals surface area contributed by atoms with E-state index in [9.17, 15) is 9.59 Å². The number of esters is 1. The molecule has 20 heavy (non-hydrogen) atoms. The highest BCUT2D eigenvalue weighted by Gasteiger charge is 2.10. The van der Waals surface area contributed by atoms with Gasteiger partial charge in [0.15, 0.2) is 0 Å². The molecule has 0 amide bonds. The molecule has 0 saturated carbocycles. The Morgan fingerprint density at radius 2 is 1.85 bits per heavy atom. The van der Waals surface area contributed by atoms with Crippen molar-refractivity contribution in [2.45, 2.75) is 26.3 Å². The maximum Gasteiger partial charge on any atom is 0.306 e. The van der Waals surface area contributed by atoms with Crippen molar-refractivity contribution in [3.8, 4) is 0 Å². The summed E-state index contributed by atoms with van der Waals surface area (Å²) in [5.41, 5.74) is 1.09. The van der Waals surface area contributed by atoms with Crippen molar-refractivity contribution in [1.82, 2.24) is 4.90 Å². The normalized spacial score (nSPS) is 10.6. The molecule has 0 unspecified atom stereocenters. The fourth-order valence-corrected chi connectivity index (χ4v) is 1.94. The van der Waals surface area contributed by atoms with Crippen molar-refractivity contribution in [2.75, 3.05) is 20.2 Å². The summed E-state index contributed by atoms with van der Waals surface area (Å²) in [6.45, 7) is 3.09. The van der Waals surface area contributed by atoms with Gasteiger partial charge in [-0.2, -0.15) is 0 Å². The first kappa shape index (κ1) is 16.7. The number of Topliss-reactive ketones (excluding diaryl/α,β-unsaturated/α-hetero) is 1. The fraction of sp³-hybridized carbons (Fsp3) is 0.467. The highest BCUT2D eigenvalue weighted by atomic mass is 35.5. The van der Waals surface area contributed by atoms with Crippen LogP contribution in [0, 0.1) is 0 Å². The topological polar surface area (TPSA) is 46.6 Å². The van der Waals surface area contributed by atoms with Crippen LogP contribution in [0.2, 0.25) is 5.02 Å². The highest BCUT2D eigenvalue weighted by molar-refractivity contribution is 6.30. The first-order valence-electron chi connectivity index (χ1n) is 6.61. The number of rotatable bonds is 8. The monoisotopic (exact) mass is 297 g/mol. The van der Waals surface area contributed by atoms with Gasteiger partial charge in [-0.3, -0.25) is 14.5 Å². The number of carbonyl (C=O) groups excluding carboxylic acids is 2. The molecule has 0 fully saturated rings. The van der Waals surface area contributed by atoms with E-state index in [4.69, 9.17) is 16.3 Å². The molecule has 0 spiro atoms. The third-order valence-corrected chi connectivity index (χ3v) is 2.98. The molecule has 0 aliphatic carbocycles. The highest BCUT2D eigenvalue weighted by Crippen LogP contribution is 2.11. The Balaban J connectivity index is 2.30. The average molecular weight is 298 g/mol. The van der Waals surface area contributed by atoms with Gasteiger partial charge in [0, 0.05) is 18.0 Å². The van der Waals surface area contributed by atoms with Crippen molar-refractivity contribution in [1.29, 1.82) is 0 Å². The van der Waals surface area contributed by atoms with Crippen LogP contribution in [0.5, 0.6) is 0 Å². The zero-order chi connectivity index (χ0) is 15.0. The molecule has 1 rings (SSSR count). The Morgan fingerprint density at radius 3 is 2.45 bits per heavy atom. The molecule has 0 atom stereocenters. The maximum absolute atomic E-state index is 11.7. The molecule has 0 aliphatic heterocycles. The minimum absolute atomic E-state index is 0.0366. The number of nitrogens with zero attached hydrogens (tertiary/aromatic N) is 1. The second-order valence-corrected chi connectivity index (χ2v) is 5.08. The Labute approximate surface area is 124 Å². The van der Waals surface area contributed by atoms with E-state index in [1.54, 1.807) is 6.92 Å². The Hall–Kier alpha value is -1.39. The van der Waals surface area contributed by atoms with Gasteiger partial charge >= 0.3 is 5.97 Å². The van der Waals surface area contributed by atoms with Gasteiger partial charge in [0.25, 0.3) is 0 Å². The number of ether oxygens (including phenoxy) is 1. The minimum Gasteiger partial charge on any atom is -0.466 e. The van der Waals surface area contributed by atoms with Crippen molar-refractivity contribution in [3.05, 3.63) is 34.9 Å². The van der Waals surface area contributed by atoms with Crippen molar-refractivity contribution in [3.63, 3.8) is 0 Å². The maximum atomic E-state index is 11.7. The quantitative estimate of drug-likeness (QED) is 0.692. The van der Waals surface area contributed by atoms with Crippen LogP contribution in [0.1, 0.15) is 25.3 Å². The first-order valence-corrected chi connectivity index (χ1v) is 6.99. The van der Waals surface area contributed by atoms with Gasteiger partial charge in [-0.1, -0.05) is 23.7 Å². The minimum atomic E-state index is -0.318. The Bertz CT molecular complexity index is 445. The number of hydrogen-bond donors (Lipinski definition) is 0. The lowest BCUT2D eigenvalue weighted by Crippen LogP contribution is -2.26. The molecule has 0 aromatic heterocycles. The molecule has 110 valence electrons. The summed E-state index contributed by atoms with van der Waals surface area (Å²) in [6.07, 6.45) is 0.380. The summed E-state index contributed by atoms with van der Waals surface area (Å²) in [5.74, 6) is -0.282. The molecular weight excluding hydrogens is 278 g/mol. The molecule has 0 saturated heterocycles. The third-order valence-electron chi connectivity index (χ3n) is 2.73. The number of halogens is 1. The summed E-state index contributed by atoms with van der Waals surface area (Å²) < 4.78 is 4.79. The van der Waals surface area contributed by atoms with Crippen LogP contribution in [-0.2, 0) is 20.9 Å². The molecule has 0 N–H and O–H groups in total. The fourth-order valence-electron chi connectivity index (χ4n) is 1.81. The number of benzene rings is 1. The molecule has 0 radical (unpaired) electrons. The van der Waals surface area contributed by atoms with Gasteiger partial charge < -0.3 is 4.74 Å². The van der Waals surface area contributed by atoms with Crippen LogP contribution in [-0.4, -0.2) is 36.9 Å². The molecule has 1 aromatic carbocycles. The van der Waals surface area contributed by atoms with E-state index < -0.39 is 0 Å². The number of likely N-dealkylation sites (N-methyl/N-ethyl adjacent to an activating group) is 1.